The van der Waals surface area contributed by atoms with Gasteiger partial charge in [0, 0.05) is 36.7 Å². The molecule has 2 aliphatic rings. The van der Waals surface area contributed by atoms with Gasteiger partial charge in [-0.1, -0.05) is 31.0 Å². The van der Waals surface area contributed by atoms with Crippen LogP contribution in [0, 0.1) is 11.7 Å². The van der Waals surface area contributed by atoms with Gasteiger partial charge in [-0.25, -0.2) is 4.39 Å². The number of nitrogens with one attached hydrogen (secondary N) is 2. The van der Waals surface area contributed by atoms with Gasteiger partial charge < -0.3 is 20.3 Å². The van der Waals surface area contributed by atoms with Crippen LogP contribution in [0.25, 0.3) is 0 Å². The van der Waals surface area contributed by atoms with Gasteiger partial charge in [-0.3, -0.25) is 14.4 Å². The summed E-state index contributed by atoms with van der Waals surface area (Å²) in [7, 11) is 0. The van der Waals surface area contributed by atoms with Gasteiger partial charge in [-0.05, 0) is 62.1 Å². The van der Waals surface area contributed by atoms with Crippen LogP contribution in [0.1, 0.15) is 48.9 Å². The minimum Gasteiger partial charge on any atom is -0.484 e. The van der Waals surface area contributed by atoms with Gasteiger partial charge in [0.25, 0.3) is 11.8 Å². The third-order valence-corrected chi connectivity index (χ3v) is 6.84. The van der Waals surface area contributed by atoms with E-state index >= 15 is 0 Å². The van der Waals surface area contributed by atoms with Gasteiger partial charge in [0.15, 0.2) is 6.61 Å². The largest absolute Gasteiger partial charge is 0.484 e. The topological polar surface area (TPSA) is 87.7 Å². The standard InChI is InChI=1S/C27H32FN3O4/c28-21-12-10-19(11-13-21)26(33)29-23-8-4-5-9-24(23)30-27(34)20-14-16-31(17-15-20)25(32)18-35-22-6-2-1-3-7-22/h1-3,6-7,10-13,20,23-24H,4-5,8-9,14-18H2,(H,29,33)(H,30,34)/t23-,24?/m1/s1. The number of carbonyl (C=O) groups is 3. The van der Waals surface area contributed by atoms with Gasteiger partial charge in [-0.15, -0.1) is 0 Å². The van der Waals surface area contributed by atoms with E-state index in [0.29, 0.717) is 37.2 Å². The summed E-state index contributed by atoms with van der Waals surface area (Å²) >= 11 is 0. The van der Waals surface area contributed by atoms with Crippen LogP contribution in [0.4, 0.5) is 4.39 Å². The molecule has 0 radical (unpaired) electrons. The quantitative estimate of drug-likeness (QED) is 0.635. The number of nitrogens with zero attached hydrogens (tertiary/aromatic N) is 1. The molecule has 1 saturated heterocycles. The number of carbonyl (C=O) groups excluding carboxylic acids is 3. The Morgan fingerprint density at radius 3 is 2.14 bits per heavy atom. The van der Waals surface area contributed by atoms with Crippen molar-refractivity contribution in [3.05, 3.63) is 66.0 Å². The van der Waals surface area contributed by atoms with E-state index in [1.807, 2.05) is 30.3 Å². The van der Waals surface area contributed by atoms with Crippen molar-refractivity contribution < 1.29 is 23.5 Å². The molecule has 3 amide bonds. The molecular formula is C27H32FN3O4. The van der Waals surface area contributed by atoms with Gasteiger partial charge in [0.1, 0.15) is 11.6 Å². The van der Waals surface area contributed by atoms with E-state index in [9.17, 15) is 18.8 Å². The van der Waals surface area contributed by atoms with E-state index in [0.717, 1.165) is 25.7 Å². The third kappa shape index (κ3) is 6.81. The molecule has 0 spiro atoms. The number of hydrogen-bond acceptors (Lipinski definition) is 4. The second-order valence-corrected chi connectivity index (χ2v) is 9.24. The molecule has 4 rings (SSSR count). The van der Waals surface area contributed by atoms with Crippen molar-refractivity contribution in [2.24, 2.45) is 5.92 Å². The predicted molar refractivity (Wildman–Crippen MR) is 129 cm³/mol. The maximum absolute atomic E-state index is 13.2. The normalized spacial score (nSPS) is 20.7. The lowest BCUT2D eigenvalue weighted by Gasteiger charge is -2.36. The van der Waals surface area contributed by atoms with Crippen molar-refractivity contribution in [1.82, 2.24) is 15.5 Å². The zero-order valence-corrected chi connectivity index (χ0v) is 19.8. The minimum absolute atomic E-state index is 0.0155. The van der Waals surface area contributed by atoms with Crippen molar-refractivity contribution in [3.8, 4) is 5.75 Å². The summed E-state index contributed by atoms with van der Waals surface area (Å²) in [4.78, 5) is 39.8. The third-order valence-electron chi connectivity index (χ3n) is 6.84. The number of para-hydroxylation sites is 1. The van der Waals surface area contributed by atoms with Gasteiger partial charge >= 0.3 is 0 Å². The number of piperidine rings is 1. The first kappa shape index (κ1) is 24.7. The SMILES string of the molecule is O=C(N[C@@H]1CCCCC1NC(=O)C1CCN(C(=O)COc2ccccc2)CC1)c1ccc(F)cc1. The first-order valence-electron chi connectivity index (χ1n) is 12.3. The molecule has 1 saturated carbocycles. The van der Waals surface area contributed by atoms with Crippen LogP contribution in [-0.4, -0.2) is 54.4 Å². The Balaban J connectivity index is 1.24. The fourth-order valence-electron chi connectivity index (χ4n) is 4.77. The van der Waals surface area contributed by atoms with Gasteiger partial charge in [0.05, 0.1) is 0 Å². The molecule has 2 aromatic rings. The highest BCUT2D eigenvalue weighted by Crippen LogP contribution is 2.22. The van der Waals surface area contributed by atoms with E-state index in [1.54, 1.807) is 4.90 Å². The summed E-state index contributed by atoms with van der Waals surface area (Å²) < 4.78 is 18.7. The monoisotopic (exact) mass is 481 g/mol. The van der Waals surface area contributed by atoms with Crippen LogP contribution in [0.3, 0.4) is 0 Å². The van der Waals surface area contributed by atoms with E-state index in [1.165, 1.54) is 24.3 Å². The Bertz CT molecular complexity index is 1010. The number of hydrogen-bond donors (Lipinski definition) is 2. The number of ether oxygens (including phenoxy) is 1. The van der Waals surface area contributed by atoms with E-state index in [4.69, 9.17) is 4.74 Å². The van der Waals surface area contributed by atoms with Crippen LogP contribution >= 0.6 is 0 Å². The number of rotatable bonds is 7. The Hall–Kier alpha value is -3.42. The number of likely N-dealkylation sites (tertiary alicyclic amines) is 1. The van der Waals surface area contributed by atoms with Gasteiger partial charge in [0.2, 0.25) is 5.91 Å². The van der Waals surface area contributed by atoms with Crippen molar-refractivity contribution in [2.45, 2.75) is 50.6 Å². The molecule has 186 valence electrons. The highest BCUT2D eigenvalue weighted by atomic mass is 19.1. The lowest BCUT2D eigenvalue weighted by molar-refractivity contribution is -0.137. The molecule has 0 bridgehead atoms. The summed E-state index contributed by atoms with van der Waals surface area (Å²) in [6.45, 7) is 1.02. The molecule has 2 N–H and O–H groups in total. The van der Waals surface area contributed by atoms with Crippen LogP contribution in [0.15, 0.2) is 54.6 Å². The molecule has 7 nitrogen and oxygen atoms in total. The van der Waals surface area contributed by atoms with Crippen LogP contribution in [0.5, 0.6) is 5.75 Å². The lowest BCUT2D eigenvalue weighted by atomic mass is 9.88. The van der Waals surface area contributed by atoms with Crippen molar-refractivity contribution >= 4 is 17.7 Å². The van der Waals surface area contributed by atoms with E-state index < -0.39 is 0 Å². The second-order valence-electron chi connectivity index (χ2n) is 9.24. The molecular weight excluding hydrogens is 449 g/mol. The molecule has 1 unspecified atom stereocenters. The zero-order chi connectivity index (χ0) is 24.6. The minimum atomic E-state index is -0.388. The highest BCUT2D eigenvalue weighted by Gasteiger charge is 2.32. The Morgan fingerprint density at radius 2 is 1.49 bits per heavy atom. The number of amides is 3. The first-order chi connectivity index (χ1) is 17.0. The molecule has 2 atom stereocenters. The fourth-order valence-corrected chi connectivity index (χ4v) is 4.77. The van der Waals surface area contributed by atoms with Crippen molar-refractivity contribution in [2.75, 3.05) is 19.7 Å². The molecule has 1 heterocycles. The summed E-state index contributed by atoms with van der Waals surface area (Å²) in [6.07, 6.45) is 4.75. The molecule has 0 aromatic heterocycles. The smallest absolute Gasteiger partial charge is 0.260 e. The Labute approximate surface area is 205 Å². The molecule has 8 heteroatoms. The van der Waals surface area contributed by atoms with Crippen LogP contribution < -0.4 is 15.4 Å². The first-order valence-corrected chi connectivity index (χ1v) is 12.3. The number of benzene rings is 2. The fraction of sp³-hybridized carbons (Fsp3) is 0.444. The molecule has 2 fully saturated rings. The molecule has 1 aliphatic carbocycles. The van der Waals surface area contributed by atoms with E-state index in [-0.39, 0.29) is 48.1 Å². The van der Waals surface area contributed by atoms with E-state index in [2.05, 4.69) is 10.6 Å². The average molecular weight is 482 g/mol. The van der Waals surface area contributed by atoms with Crippen LogP contribution in [0.2, 0.25) is 0 Å². The summed E-state index contributed by atoms with van der Waals surface area (Å²) in [6, 6.07) is 14.4. The molecule has 35 heavy (non-hydrogen) atoms. The molecule has 1 aliphatic heterocycles. The maximum Gasteiger partial charge on any atom is 0.260 e. The lowest BCUT2D eigenvalue weighted by Crippen LogP contribution is -2.55. The van der Waals surface area contributed by atoms with Crippen LogP contribution in [-0.2, 0) is 9.59 Å². The zero-order valence-electron chi connectivity index (χ0n) is 19.8. The maximum atomic E-state index is 13.2. The second kappa shape index (κ2) is 11.8. The summed E-state index contributed by atoms with van der Waals surface area (Å²) in [5.41, 5.74) is 0.398. The highest BCUT2D eigenvalue weighted by molar-refractivity contribution is 5.94. The summed E-state index contributed by atoms with van der Waals surface area (Å²) in [5.74, 6) is -0.260. The summed E-state index contributed by atoms with van der Waals surface area (Å²) in [5, 5.41) is 6.17. The Kier molecular flexibility index (Phi) is 8.34. The van der Waals surface area contributed by atoms with Crippen molar-refractivity contribution in [3.63, 3.8) is 0 Å². The predicted octanol–water partition coefficient (Wildman–Crippen LogP) is 3.30. The molecule has 2 aromatic carbocycles. The Morgan fingerprint density at radius 1 is 0.857 bits per heavy atom. The van der Waals surface area contributed by atoms with Crippen molar-refractivity contribution in [1.29, 1.82) is 0 Å². The average Bonchev–Trinajstić information content (AvgIpc) is 2.89. The number of halogens is 1. The van der Waals surface area contributed by atoms with Gasteiger partial charge in [-0.2, -0.15) is 0 Å².